The SMILES string of the molecule is COc1ccccc1-c1nc(CN2CCN(CC(=O)Nc3ccccc3Cl)CC2)cs1. The van der Waals surface area contributed by atoms with Crippen LogP contribution in [0.25, 0.3) is 10.6 Å². The number of hydrogen-bond donors (Lipinski definition) is 1. The van der Waals surface area contributed by atoms with Gasteiger partial charge in [-0.05, 0) is 24.3 Å². The lowest BCUT2D eigenvalue weighted by Gasteiger charge is -2.33. The van der Waals surface area contributed by atoms with Gasteiger partial charge in [-0.1, -0.05) is 35.9 Å². The molecule has 8 heteroatoms. The number of methoxy groups -OCH3 is 1. The third-order valence-electron chi connectivity index (χ3n) is 5.25. The highest BCUT2D eigenvalue weighted by atomic mass is 35.5. The highest BCUT2D eigenvalue weighted by molar-refractivity contribution is 7.13. The molecule has 1 N–H and O–H groups in total. The van der Waals surface area contributed by atoms with Gasteiger partial charge >= 0.3 is 0 Å². The van der Waals surface area contributed by atoms with Gasteiger partial charge in [0.05, 0.1) is 35.6 Å². The maximum Gasteiger partial charge on any atom is 0.238 e. The number of para-hydroxylation sites is 2. The van der Waals surface area contributed by atoms with E-state index in [1.54, 1.807) is 24.5 Å². The lowest BCUT2D eigenvalue weighted by atomic mass is 10.2. The third-order valence-corrected chi connectivity index (χ3v) is 6.51. The summed E-state index contributed by atoms with van der Waals surface area (Å²) < 4.78 is 5.46. The summed E-state index contributed by atoms with van der Waals surface area (Å²) in [6.45, 7) is 4.68. The van der Waals surface area contributed by atoms with E-state index in [0.29, 0.717) is 17.3 Å². The van der Waals surface area contributed by atoms with Gasteiger partial charge in [-0.25, -0.2) is 4.98 Å². The molecule has 1 fully saturated rings. The Morgan fingerprint density at radius 1 is 1.10 bits per heavy atom. The summed E-state index contributed by atoms with van der Waals surface area (Å²) in [5, 5.41) is 6.53. The van der Waals surface area contributed by atoms with Gasteiger partial charge in [-0.2, -0.15) is 0 Å². The largest absolute Gasteiger partial charge is 0.496 e. The number of nitrogens with zero attached hydrogens (tertiary/aromatic N) is 3. The molecule has 0 aliphatic carbocycles. The fraction of sp³-hybridized carbons (Fsp3) is 0.304. The summed E-state index contributed by atoms with van der Waals surface area (Å²) in [6, 6.07) is 15.2. The van der Waals surface area contributed by atoms with Gasteiger partial charge in [0.25, 0.3) is 0 Å². The van der Waals surface area contributed by atoms with Gasteiger partial charge in [-0.3, -0.25) is 14.6 Å². The number of rotatable bonds is 7. The molecule has 2 heterocycles. The quantitative estimate of drug-likeness (QED) is 0.576. The molecule has 0 bridgehead atoms. The van der Waals surface area contributed by atoms with Crippen LogP contribution in [-0.2, 0) is 11.3 Å². The molecule has 31 heavy (non-hydrogen) atoms. The minimum absolute atomic E-state index is 0.0394. The Balaban J connectivity index is 1.26. The van der Waals surface area contributed by atoms with E-state index in [2.05, 4.69) is 20.5 Å². The second-order valence-corrected chi connectivity index (χ2v) is 8.69. The highest BCUT2D eigenvalue weighted by Gasteiger charge is 2.20. The molecule has 2 aromatic carbocycles. The number of thiazole rings is 1. The Kier molecular flexibility index (Phi) is 7.19. The zero-order chi connectivity index (χ0) is 21.6. The Hall–Kier alpha value is -2.45. The third kappa shape index (κ3) is 5.62. The zero-order valence-electron chi connectivity index (χ0n) is 17.4. The predicted octanol–water partition coefficient (Wildman–Crippen LogP) is 4.23. The zero-order valence-corrected chi connectivity index (χ0v) is 19.0. The van der Waals surface area contributed by atoms with Crippen molar-refractivity contribution in [3.8, 4) is 16.3 Å². The Morgan fingerprint density at radius 3 is 2.58 bits per heavy atom. The summed E-state index contributed by atoms with van der Waals surface area (Å²) >= 11 is 7.76. The molecule has 3 aromatic rings. The van der Waals surface area contributed by atoms with Crippen LogP contribution < -0.4 is 10.1 Å². The van der Waals surface area contributed by atoms with Crippen molar-refractivity contribution in [1.82, 2.24) is 14.8 Å². The molecule has 0 unspecified atom stereocenters. The number of anilines is 1. The number of benzene rings is 2. The van der Waals surface area contributed by atoms with Crippen molar-refractivity contribution in [3.63, 3.8) is 0 Å². The molecule has 162 valence electrons. The van der Waals surface area contributed by atoms with Crippen molar-refractivity contribution in [2.45, 2.75) is 6.54 Å². The van der Waals surface area contributed by atoms with Crippen LogP contribution >= 0.6 is 22.9 Å². The van der Waals surface area contributed by atoms with Crippen LogP contribution in [0.1, 0.15) is 5.69 Å². The van der Waals surface area contributed by atoms with Crippen molar-refractivity contribution in [2.24, 2.45) is 0 Å². The molecule has 1 aliphatic heterocycles. The molecular weight excluding hydrogens is 432 g/mol. The van der Waals surface area contributed by atoms with Crippen molar-refractivity contribution in [2.75, 3.05) is 45.2 Å². The number of hydrogen-bond acceptors (Lipinski definition) is 6. The minimum Gasteiger partial charge on any atom is -0.496 e. The van der Waals surface area contributed by atoms with E-state index in [-0.39, 0.29) is 5.91 Å². The molecule has 1 aromatic heterocycles. The van der Waals surface area contributed by atoms with E-state index in [9.17, 15) is 4.79 Å². The first-order chi connectivity index (χ1) is 15.1. The first-order valence-corrected chi connectivity index (χ1v) is 11.4. The molecule has 0 saturated carbocycles. The van der Waals surface area contributed by atoms with Gasteiger partial charge in [0.1, 0.15) is 10.8 Å². The summed E-state index contributed by atoms with van der Waals surface area (Å²) in [5.41, 5.74) is 2.74. The van der Waals surface area contributed by atoms with E-state index in [1.807, 2.05) is 42.5 Å². The second-order valence-electron chi connectivity index (χ2n) is 7.42. The summed E-state index contributed by atoms with van der Waals surface area (Å²) in [6.07, 6.45) is 0. The monoisotopic (exact) mass is 456 g/mol. The van der Waals surface area contributed by atoms with Crippen LogP contribution in [0, 0.1) is 0 Å². The molecule has 1 saturated heterocycles. The van der Waals surface area contributed by atoms with Crippen LogP contribution in [0.4, 0.5) is 5.69 Å². The standard InChI is InChI=1S/C23H25ClN4O2S/c1-30-21-9-5-2-6-18(21)23-25-17(16-31-23)14-27-10-12-28(13-11-27)15-22(29)26-20-8-4-3-7-19(20)24/h2-9,16H,10-15H2,1H3,(H,26,29). The topological polar surface area (TPSA) is 57.7 Å². The van der Waals surface area contributed by atoms with Crippen molar-refractivity contribution >= 4 is 34.5 Å². The number of halogens is 1. The number of nitrogens with one attached hydrogen (secondary N) is 1. The van der Waals surface area contributed by atoms with E-state index < -0.39 is 0 Å². The van der Waals surface area contributed by atoms with Gasteiger partial charge < -0.3 is 10.1 Å². The van der Waals surface area contributed by atoms with Crippen molar-refractivity contribution in [1.29, 1.82) is 0 Å². The number of carbonyl (C=O) groups excluding carboxylic acids is 1. The van der Waals surface area contributed by atoms with Gasteiger partial charge in [-0.15, -0.1) is 11.3 Å². The molecule has 1 amide bonds. The van der Waals surface area contributed by atoms with Crippen LogP contribution in [0.3, 0.4) is 0 Å². The fourth-order valence-electron chi connectivity index (χ4n) is 3.61. The average Bonchev–Trinajstić information content (AvgIpc) is 3.25. The number of ether oxygens (including phenoxy) is 1. The highest BCUT2D eigenvalue weighted by Crippen LogP contribution is 2.32. The van der Waals surface area contributed by atoms with Crippen molar-refractivity contribution < 1.29 is 9.53 Å². The first-order valence-electron chi connectivity index (χ1n) is 10.2. The normalized spacial score (nSPS) is 15.0. The molecule has 0 spiro atoms. The number of amides is 1. The lowest BCUT2D eigenvalue weighted by Crippen LogP contribution is -2.48. The smallest absolute Gasteiger partial charge is 0.238 e. The van der Waals surface area contributed by atoms with Crippen LogP contribution in [-0.4, -0.2) is 60.5 Å². The van der Waals surface area contributed by atoms with E-state index >= 15 is 0 Å². The molecular formula is C23H25ClN4O2S. The summed E-state index contributed by atoms with van der Waals surface area (Å²) in [4.78, 5) is 21.7. The Bertz CT molecular complexity index is 1030. The van der Waals surface area contributed by atoms with E-state index in [4.69, 9.17) is 21.3 Å². The maximum absolute atomic E-state index is 12.4. The van der Waals surface area contributed by atoms with Crippen molar-refractivity contribution in [3.05, 3.63) is 64.6 Å². The van der Waals surface area contributed by atoms with Gasteiger partial charge in [0.2, 0.25) is 5.91 Å². The van der Waals surface area contributed by atoms with E-state index in [1.165, 1.54) is 0 Å². The fourth-order valence-corrected chi connectivity index (χ4v) is 4.64. The predicted molar refractivity (Wildman–Crippen MR) is 126 cm³/mol. The van der Waals surface area contributed by atoms with E-state index in [0.717, 1.165) is 54.7 Å². The lowest BCUT2D eigenvalue weighted by molar-refractivity contribution is -0.117. The molecule has 6 nitrogen and oxygen atoms in total. The van der Waals surface area contributed by atoms with Gasteiger partial charge in [0.15, 0.2) is 0 Å². The average molecular weight is 457 g/mol. The van der Waals surface area contributed by atoms with Crippen LogP contribution in [0.2, 0.25) is 5.02 Å². The molecule has 0 radical (unpaired) electrons. The van der Waals surface area contributed by atoms with Crippen LogP contribution in [0.15, 0.2) is 53.9 Å². The molecule has 4 rings (SSSR count). The number of piperazine rings is 1. The maximum atomic E-state index is 12.4. The number of aromatic nitrogens is 1. The van der Waals surface area contributed by atoms with Gasteiger partial charge in [0, 0.05) is 38.1 Å². The summed E-state index contributed by atoms with van der Waals surface area (Å²) in [5.74, 6) is 0.801. The second kappa shape index (κ2) is 10.2. The molecule has 0 atom stereocenters. The summed E-state index contributed by atoms with van der Waals surface area (Å²) in [7, 11) is 1.68. The Morgan fingerprint density at radius 2 is 1.81 bits per heavy atom. The Labute approximate surface area is 191 Å². The minimum atomic E-state index is -0.0394. The number of carbonyl (C=O) groups is 1. The van der Waals surface area contributed by atoms with Crippen LogP contribution in [0.5, 0.6) is 5.75 Å². The first kappa shape index (κ1) is 21.8. The molecule has 1 aliphatic rings.